The molecule has 1 saturated carbocycles. The first-order valence-corrected chi connectivity index (χ1v) is 8.89. The third kappa shape index (κ3) is 2.84. The Morgan fingerprint density at radius 3 is 2.38 bits per heavy atom. The highest BCUT2D eigenvalue weighted by Gasteiger charge is 2.69. The van der Waals surface area contributed by atoms with Crippen LogP contribution in [0.15, 0.2) is 24.3 Å². The van der Waals surface area contributed by atoms with Crippen LogP contribution in [0.2, 0.25) is 0 Å². The fraction of sp³-hybridized carbons (Fsp3) is 0.600. The SMILES string of the molecule is CCOC[C@]1(CN)[C@H](c2ccc(F)cc2)[C@H]1S(=O)(=O)CC. The first-order valence-electron chi connectivity index (χ1n) is 7.17. The van der Waals surface area contributed by atoms with Crippen molar-refractivity contribution in [3.63, 3.8) is 0 Å². The second kappa shape index (κ2) is 6.02. The Bertz CT molecular complexity index is 587. The van der Waals surface area contributed by atoms with E-state index in [1.54, 1.807) is 19.1 Å². The van der Waals surface area contributed by atoms with Crippen LogP contribution in [-0.2, 0) is 14.6 Å². The summed E-state index contributed by atoms with van der Waals surface area (Å²) in [5, 5.41) is -0.544. The summed E-state index contributed by atoms with van der Waals surface area (Å²) in [6.07, 6.45) is 0. The van der Waals surface area contributed by atoms with Crippen molar-refractivity contribution in [1.82, 2.24) is 0 Å². The standard InChI is InChI=1S/C15H22FNO3S/c1-3-20-10-15(9-17)13(14(15)21(18,19)4-2)11-5-7-12(16)8-6-11/h5-8,13-14H,3-4,9-10,17H2,1-2H3/t13-,14-,15-/m1/s1. The normalized spacial score (nSPS) is 28.6. The van der Waals surface area contributed by atoms with Gasteiger partial charge in [-0.1, -0.05) is 19.1 Å². The highest BCUT2D eigenvalue weighted by molar-refractivity contribution is 7.92. The average molecular weight is 315 g/mol. The minimum absolute atomic E-state index is 0.0727. The predicted octanol–water partition coefficient (Wildman–Crippen LogP) is 1.71. The molecule has 118 valence electrons. The topological polar surface area (TPSA) is 69.4 Å². The highest BCUT2D eigenvalue weighted by Crippen LogP contribution is 2.62. The van der Waals surface area contributed by atoms with Crippen LogP contribution in [0.25, 0.3) is 0 Å². The molecule has 0 spiro atoms. The number of sulfone groups is 1. The largest absolute Gasteiger partial charge is 0.381 e. The molecular formula is C15H22FNO3S. The molecule has 1 aliphatic rings. The van der Waals surface area contributed by atoms with Crippen molar-refractivity contribution in [2.45, 2.75) is 25.0 Å². The first-order chi connectivity index (χ1) is 9.93. The Morgan fingerprint density at radius 2 is 1.90 bits per heavy atom. The van der Waals surface area contributed by atoms with E-state index in [1.807, 2.05) is 6.92 Å². The van der Waals surface area contributed by atoms with Gasteiger partial charge in [-0.15, -0.1) is 0 Å². The third-order valence-electron chi connectivity index (χ3n) is 4.35. The molecule has 1 aromatic carbocycles. The first kappa shape index (κ1) is 16.4. The van der Waals surface area contributed by atoms with E-state index in [4.69, 9.17) is 10.5 Å². The van der Waals surface area contributed by atoms with Crippen LogP contribution < -0.4 is 5.73 Å². The van der Waals surface area contributed by atoms with Crippen LogP contribution in [0, 0.1) is 11.2 Å². The summed E-state index contributed by atoms with van der Waals surface area (Å²) in [7, 11) is -3.24. The number of nitrogens with two attached hydrogens (primary N) is 1. The summed E-state index contributed by atoms with van der Waals surface area (Å²) in [6.45, 7) is 4.56. The monoisotopic (exact) mass is 315 g/mol. The van der Waals surface area contributed by atoms with E-state index in [2.05, 4.69) is 0 Å². The van der Waals surface area contributed by atoms with E-state index in [0.29, 0.717) is 13.2 Å². The van der Waals surface area contributed by atoms with Gasteiger partial charge in [0.05, 0.1) is 11.9 Å². The number of hydrogen-bond acceptors (Lipinski definition) is 4. The van der Waals surface area contributed by atoms with Gasteiger partial charge in [-0.05, 0) is 24.6 Å². The lowest BCUT2D eigenvalue weighted by atomic mass is 10.00. The van der Waals surface area contributed by atoms with Gasteiger partial charge in [-0.2, -0.15) is 0 Å². The Hall–Kier alpha value is -0.980. The lowest BCUT2D eigenvalue weighted by molar-refractivity contribution is 0.101. The summed E-state index contributed by atoms with van der Waals surface area (Å²) in [4.78, 5) is 0. The van der Waals surface area contributed by atoms with Crippen molar-refractivity contribution < 1.29 is 17.5 Å². The second-order valence-corrected chi connectivity index (χ2v) is 7.89. The number of rotatable bonds is 7. The van der Waals surface area contributed by atoms with Crippen molar-refractivity contribution >= 4 is 9.84 Å². The van der Waals surface area contributed by atoms with Crippen LogP contribution in [0.1, 0.15) is 25.3 Å². The van der Waals surface area contributed by atoms with Crippen molar-refractivity contribution in [3.8, 4) is 0 Å². The molecule has 2 rings (SSSR count). The molecule has 0 radical (unpaired) electrons. The van der Waals surface area contributed by atoms with Crippen LogP contribution in [-0.4, -0.2) is 39.2 Å². The molecule has 0 aromatic heterocycles. The van der Waals surface area contributed by atoms with Crippen molar-refractivity contribution in [2.24, 2.45) is 11.1 Å². The number of halogens is 1. The summed E-state index contributed by atoms with van der Waals surface area (Å²) >= 11 is 0. The highest BCUT2D eigenvalue weighted by atomic mass is 32.2. The van der Waals surface area contributed by atoms with Crippen molar-refractivity contribution in [2.75, 3.05) is 25.5 Å². The Labute approximate surface area is 125 Å². The molecule has 0 bridgehead atoms. The molecule has 2 N–H and O–H groups in total. The number of ether oxygens (including phenoxy) is 1. The van der Waals surface area contributed by atoms with Crippen LogP contribution in [0.4, 0.5) is 4.39 Å². The summed E-state index contributed by atoms with van der Waals surface area (Å²) in [5.41, 5.74) is 6.10. The zero-order chi connectivity index (χ0) is 15.7. The minimum atomic E-state index is -3.24. The summed E-state index contributed by atoms with van der Waals surface area (Å²) in [5.74, 6) is -0.486. The summed E-state index contributed by atoms with van der Waals surface area (Å²) < 4.78 is 43.3. The van der Waals surface area contributed by atoms with Crippen LogP contribution in [0.3, 0.4) is 0 Å². The number of benzene rings is 1. The molecule has 0 heterocycles. The molecule has 3 atom stereocenters. The van der Waals surface area contributed by atoms with Crippen LogP contribution in [0.5, 0.6) is 0 Å². The molecule has 21 heavy (non-hydrogen) atoms. The predicted molar refractivity (Wildman–Crippen MR) is 80.4 cm³/mol. The lowest BCUT2D eigenvalue weighted by Gasteiger charge is -2.15. The molecule has 1 aliphatic carbocycles. The van der Waals surface area contributed by atoms with E-state index in [1.165, 1.54) is 12.1 Å². The van der Waals surface area contributed by atoms with E-state index < -0.39 is 20.5 Å². The third-order valence-corrected chi connectivity index (χ3v) is 6.67. The van der Waals surface area contributed by atoms with Gasteiger partial charge in [0.25, 0.3) is 0 Å². The number of hydrogen-bond donors (Lipinski definition) is 1. The average Bonchev–Trinajstić information content (AvgIpc) is 3.16. The maximum Gasteiger partial charge on any atom is 0.154 e. The molecule has 1 fully saturated rings. The van der Waals surface area contributed by atoms with Gasteiger partial charge in [-0.25, -0.2) is 12.8 Å². The van der Waals surface area contributed by atoms with Gasteiger partial charge in [0.15, 0.2) is 9.84 Å². The molecule has 4 nitrogen and oxygen atoms in total. The smallest absolute Gasteiger partial charge is 0.154 e. The van der Waals surface area contributed by atoms with Gasteiger partial charge < -0.3 is 10.5 Å². The van der Waals surface area contributed by atoms with Gasteiger partial charge in [-0.3, -0.25) is 0 Å². The molecule has 1 aromatic rings. The van der Waals surface area contributed by atoms with Crippen LogP contribution >= 0.6 is 0 Å². The Kier molecular flexibility index (Phi) is 4.70. The molecule has 0 unspecified atom stereocenters. The van der Waals surface area contributed by atoms with Gasteiger partial charge in [0, 0.05) is 30.2 Å². The molecule has 0 aliphatic heterocycles. The van der Waals surface area contributed by atoms with Gasteiger partial charge >= 0.3 is 0 Å². The fourth-order valence-corrected chi connectivity index (χ4v) is 5.29. The minimum Gasteiger partial charge on any atom is -0.381 e. The molecule has 6 heteroatoms. The summed E-state index contributed by atoms with van der Waals surface area (Å²) in [6, 6.07) is 5.99. The maximum atomic E-state index is 13.1. The maximum absolute atomic E-state index is 13.1. The molecule has 0 saturated heterocycles. The fourth-order valence-electron chi connectivity index (χ4n) is 3.14. The van der Waals surface area contributed by atoms with E-state index in [9.17, 15) is 12.8 Å². The molecular weight excluding hydrogens is 293 g/mol. The zero-order valence-electron chi connectivity index (χ0n) is 12.4. The van der Waals surface area contributed by atoms with Crippen molar-refractivity contribution in [3.05, 3.63) is 35.6 Å². The Balaban J connectivity index is 2.38. The second-order valence-electron chi connectivity index (χ2n) is 5.48. The quantitative estimate of drug-likeness (QED) is 0.831. The van der Waals surface area contributed by atoms with Crippen molar-refractivity contribution in [1.29, 1.82) is 0 Å². The van der Waals surface area contributed by atoms with E-state index in [-0.39, 0.29) is 24.0 Å². The van der Waals surface area contributed by atoms with Gasteiger partial charge in [0.2, 0.25) is 0 Å². The molecule has 0 amide bonds. The Morgan fingerprint density at radius 1 is 1.29 bits per heavy atom. The van der Waals surface area contributed by atoms with E-state index >= 15 is 0 Å². The zero-order valence-corrected chi connectivity index (χ0v) is 13.2. The lowest BCUT2D eigenvalue weighted by Crippen LogP contribution is -2.29. The van der Waals surface area contributed by atoms with Gasteiger partial charge in [0.1, 0.15) is 5.82 Å². The van der Waals surface area contributed by atoms with E-state index in [0.717, 1.165) is 5.56 Å².